The molecule has 0 aromatic rings. The van der Waals surface area contributed by atoms with Gasteiger partial charge in [0.2, 0.25) is 0 Å². The van der Waals surface area contributed by atoms with Gasteiger partial charge in [-0.3, -0.25) is 0 Å². The quantitative estimate of drug-likeness (QED) is 0.511. The standard InChI is InChI=1S/C8H11NO/c10-9-8-5-6-1-3-7(8)4-2-6/h6H,1-5H2. The number of allylic oxidation sites excluding steroid dienone is 2. The molecule has 0 N–H and O–H groups in total. The minimum Gasteiger partial charge on any atom is -0.145 e. The van der Waals surface area contributed by atoms with Crippen LogP contribution in [-0.4, -0.2) is 0 Å². The summed E-state index contributed by atoms with van der Waals surface area (Å²) in [6.07, 6.45) is 5.86. The van der Waals surface area contributed by atoms with Gasteiger partial charge in [-0.1, -0.05) is 0 Å². The van der Waals surface area contributed by atoms with Gasteiger partial charge in [-0.2, -0.15) is 0 Å². The number of rotatable bonds is 1. The summed E-state index contributed by atoms with van der Waals surface area (Å²) in [5, 5.41) is 3.06. The predicted octanol–water partition coefficient (Wildman–Crippen LogP) is 2.60. The highest BCUT2D eigenvalue weighted by atomic mass is 16.3. The summed E-state index contributed by atoms with van der Waals surface area (Å²) in [6, 6.07) is 0. The molecule has 1 saturated carbocycles. The molecule has 0 aromatic carbocycles. The van der Waals surface area contributed by atoms with Crippen LogP contribution in [0.2, 0.25) is 0 Å². The van der Waals surface area contributed by atoms with E-state index in [2.05, 4.69) is 5.18 Å². The highest BCUT2D eigenvalue weighted by Crippen LogP contribution is 2.41. The minimum absolute atomic E-state index is 0.783. The number of hydrogen-bond acceptors (Lipinski definition) is 2. The van der Waals surface area contributed by atoms with Crippen LogP contribution in [0.3, 0.4) is 0 Å². The Labute approximate surface area is 60.3 Å². The lowest BCUT2D eigenvalue weighted by molar-refractivity contribution is 0.368. The Morgan fingerprint density at radius 3 is 2.30 bits per heavy atom. The van der Waals surface area contributed by atoms with Crippen molar-refractivity contribution in [2.24, 2.45) is 11.1 Å². The van der Waals surface area contributed by atoms with Crippen LogP contribution in [0, 0.1) is 10.8 Å². The molecule has 54 valence electrons. The molecule has 0 heterocycles. The Morgan fingerprint density at radius 1 is 1.30 bits per heavy atom. The fourth-order valence-electron chi connectivity index (χ4n) is 2.04. The summed E-state index contributed by atoms with van der Waals surface area (Å²) < 4.78 is 0. The van der Waals surface area contributed by atoms with Crippen molar-refractivity contribution in [3.05, 3.63) is 16.2 Å². The Hall–Kier alpha value is -0.660. The highest BCUT2D eigenvalue weighted by Gasteiger charge is 2.26. The maximum absolute atomic E-state index is 10.2. The van der Waals surface area contributed by atoms with Gasteiger partial charge in [-0.15, -0.1) is 4.91 Å². The van der Waals surface area contributed by atoms with Crippen LogP contribution in [0.1, 0.15) is 32.1 Å². The lowest BCUT2D eigenvalue weighted by Gasteiger charge is -2.30. The Bertz CT molecular complexity index is 185. The van der Waals surface area contributed by atoms with Crippen molar-refractivity contribution in [3.63, 3.8) is 0 Å². The SMILES string of the molecule is O=NC1=C2CCC(CC2)C1. The summed E-state index contributed by atoms with van der Waals surface area (Å²) >= 11 is 0. The van der Waals surface area contributed by atoms with Gasteiger partial charge < -0.3 is 0 Å². The Morgan fingerprint density at radius 2 is 2.00 bits per heavy atom. The fourth-order valence-corrected chi connectivity index (χ4v) is 2.04. The number of hydrogen-bond donors (Lipinski definition) is 0. The van der Waals surface area contributed by atoms with E-state index in [4.69, 9.17) is 0 Å². The third-order valence-electron chi connectivity index (χ3n) is 2.71. The van der Waals surface area contributed by atoms with Gasteiger partial charge in [0.05, 0.1) is 5.70 Å². The first kappa shape index (κ1) is 6.08. The molecule has 0 aliphatic heterocycles. The molecule has 3 rings (SSSR count). The summed E-state index contributed by atoms with van der Waals surface area (Å²) in [6.45, 7) is 0. The van der Waals surface area contributed by atoms with Crippen molar-refractivity contribution < 1.29 is 0 Å². The minimum atomic E-state index is 0.783. The predicted molar refractivity (Wildman–Crippen MR) is 39.4 cm³/mol. The van der Waals surface area contributed by atoms with Crippen LogP contribution in [-0.2, 0) is 0 Å². The molecule has 2 heteroatoms. The zero-order chi connectivity index (χ0) is 6.97. The van der Waals surface area contributed by atoms with Gasteiger partial charge >= 0.3 is 0 Å². The molecule has 0 spiro atoms. The first-order valence-corrected chi connectivity index (χ1v) is 3.94. The fraction of sp³-hybridized carbons (Fsp3) is 0.750. The molecule has 3 aliphatic carbocycles. The van der Waals surface area contributed by atoms with Crippen LogP contribution in [0.5, 0.6) is 0 Å². The zero-order valence-corrected chi connectivity index (χ0v) is 5.97. The van der Waals surface area contributed by atoms with E-state index in [9.17, 15) is 4.91 Å². The van der Waals surface area contributed by atoms with E-state index in [1.807, 2.05) is 0 Å². The molecule has 10 heavy (non-hydrogen) atoms. The first-order chi connectivity index (χ1) is 4.90. The Kier molecular flexibility index (Phi) is 1.33. The van der Waals surface area contributed by atoms with Crippen molar-refractivity contribution >= 4 is 0 Å². The second-order valence-corrected chi connectivity index (χ2v) is 3.29. The number of fused-ring (bicyclic) bond motifs is 3. The molecule has 0 unspecified atom stereocenters. The molecule has 0 radical (unpaired) electrons. The summed E-state index contributed by atoms with van der Waals surface area (Å²) in [7, 11) is 0. The lowest BCUT2D eigenvalue weighted by atomic mass is 9.76. The van der Waals surface area contributed by atoms with Gasteiger partial charge in [-0.05, 0) is 48.8 Å². The molecule has 0 saturated heterocycles. The largest absolute Gasteiger partial charge is 0.145 e. The second-order valence-electron chi connectivity index (χ2n) is 3.29. The molecule has 3 aliphatic rings. The molecular formula is C8H11NO. The average molecular weight is 137 g/mol. The van der Waals surface area contributed by atoms with Crippen LogP contribution in [0.25, 0.3) is 0 Å². The van der Waals surface area contributed by atoms with Crippen LogP contribution >= 0.6 is 0 Å². The third-order valence-corrected chi connectivity index (χ3v) is 2.71. The van der Waals surface area contributed by atoms with Gasteiger partial charge in [0.15, 0.2) is 0 Å². The van der Waals surface area contributed by atoms with E-state index >= 15 is 0 Å². The highest BCUT2D eigenvalue weighted by molar-refractivity contribution is 5.20. The van der Waals surface area contributed by atoms with Crippen molar-refractivity contribution in [1.29, 1.82) is 0 Å². The molecule has 1 fully saturated rings. The van der Waals surface area contributed by atoms with Crippen molar-refractivity contribution in [2.45, 2.75) is 32.1 Å². The molecule has 2 bridgehead atoms. The van der Waals surface area contributed by atoms with Crippen LogP contribution in [0.15, 0.2) is 16.4 Å². The molecule has 0 atom stereocenters. The maximum Gasteiger partial charge on any atom is 0.0843 e. The normalized spacial score (nSPS) is 25.6. The third kappa shape index (κ3) is 0.789. The molecular weight excluding hydrogens is 126 g/mol. The van der Waals surface area contributed by atoms with Crippen molar-refractivity contribution in [1.82, 2.24) is 0 Å². The van der Waals surface area contributed by atoms with Crippen molar-refractivity contribution in [2.75, 3.05) is 0 Å². The smallest absolute Gasteiger partial charge is 0.0843 e. The van der Waals surface area contributed by atoms with Crippen LogP contribution in [0.4, 0.5) is 0 Å². The average Bonchev–Trinajstić information content (AvgIpc) is 2.06. The molecule has 2 nitrogen and oxygen atoms in total. The Balaban J connectivity index is 2.30. The number of nitrogens with zero attached hydrogens (tertiary/aromatic N) is 1. The zero-order valence-electron chi connectivity index (χ0n) is 5.97. The van der Waals surface area contributed by atoms with E-state index in [-0.39, 0.29) is 0 Å². The van der Waals surface area contributed by atoms with Crippen molar-refractivity contribution in [3.8, 4) is 0 Å². The summed E-state index contributed by atoms with van der Waals surface area (Å²) in [5.41, 5.74) is 2.22. The second kappa shape index (κ2) is 2.19. The van der Waals surface area contributed by atoms with E-state index in [0.717, 1.165) is 30.9 Å². The first-order valence-electron chi connectivity index (χ1n) is 3.94. The van der Waals surface area contributed by atoms with E-state index in [1.165, 1.54) is 18.4 Å². The summed E-state index contributed by atoms with van der Waals surface area (Å²) in [5.74, 6) is 0.783. The van der Waals surface area contributed by atoms with Gasteiger partial charge in [-0.25, -0.2) is 0 Å². The van der Waals surface area contributed by atoms with Gasteiger partial charge in [0.25, 0.3) is 0 Å². The monoisotopic (exact) mass is 137 g/mol. The molecule has 0 amide bonds. The van der Waals surface area contributed by atoms with Gasteiger partial charge in [0.1, 0.15) is 0 Å². The van der Waals surface area contributed by atoms with E-state index in [1.54, 1.807) is 0 Å². The van der Waals surface area contributed by atoms with Crippen LogP contribution < -0.4 is 0 Å². The lowest BCUT2D eigenvalue weighted by Crippen LogP contribution is -2.16. The topological polar surface area (TPSA) is 29.4 Å². The van der Waals surface area contributed by atoms with E-state index < -0.39 is 0 Å². The van der Waals surface area contributed by atoms with Gasteiger partial charge in [0, 0.05) is 0 Å². The number of nitroso groups, excluding NO2 is 1. The molecule has 0 aromatic heterocycles. The summed E-state index contributed by atoms with van der Waals surface area (Å²) in [4.78, 5) is 10.2. The maximum atomic E-state index is 10.2. The van der Waals surface area contributed by atoms with E-state index in [0.29, 0.717) is 0 Å².